The van der Waals surface area contributed by atoms with E-state index >= 15 is 0 Å². The summed E-state index contributed by atoms with van der Waals surface area (Å²) in [5, 5.41) is 10.5. The van der Waals surface area contributed by atoms with E-state index in [1.807, 2.05) is 11.3 Å². The van der Waals surface area contributed by atoms with Crippen LogP contribution in [0.4, 0.5) is 0 Å². The molecule has 0 saturated carbocycles. The van der Waals surface area contributed by atoms with Crippen molar-refractivity contribution in [2.75, 3.05) is 6.54 Å². The van der Waals surface area contributed by atoms with Crippen LogP contribution >= 0.6 is 11.3 Å². The predicted molar refractivity (Wildman–Crippen MR) is 81.9 cm³/mol. The number of nitrogens with zero attached hydrogens (tertiary/aromatic N) is 2. The molecule has 2 aromatic rings. The molecule has 1 N–H and O–H groups in total. The van der Waals surface area contributed by atoms with Crippen LogP contribution in [0, 0.1) is 6.92 Å². The zero-order valence-corrected chi connectivity index (χ0v) is 13.0. The molecule has 0 spiro atoms. The highest BCUT2D eigenvalue weighted by molar-refractivity contribution is 7.10. The fourth-order valence-electron chi connectivity index (χ4n) is 2.36. The normalized spacial score (nSPS) is 12.8. The van der Waals surface area contributed by atoms with Gasteiger partial charge in [0.25, 0.3) is 0 Å². The quantitative estimate of drug-likeness (QED) is 0.875. The molecular formula is C15H23N3S. The average Bonchev–Trinajstić information content (AvgIpc) is 3.02. The molecule has 0 saturated heterocycles. The van der Waals surface area contributed by atoms with E-state index in [9.17, 15) is 0 Å². The minimum absolute atomic E-state index is 0.252. The first kappa shape index (κ1) is 14.3. The van der Waals surface area contributed by atoms with Crippen molar-refractivity contribution in [2.45, 2.75) is 46.7 Å². The van der Waals surface area contributed by atoms with E-state index < -0.39 is 0 Å². The number of aryl methyl sites for hydroxylation is 3. The fourth-order valence-corrected chi connectivity index (χ4v) is 3.09. The molecular weight excluding hydrogens is 254 g/mol. The number of hydrogen-bond acceptors (Lipinski definition) is 3. The van der Waals surface area contributed by atoms with Crippen LogP contribution in [0.2, 0.25) is 0 Å². The second-order valence-electron chi connectivity index (χ2n) is 4.71. The molecule has 19 heavy (non-hydrogen) atoms. The molecule has 0 aromatic carbocycles. The molecule has 0 bridgehead atoms. The van der Waals surface area contributed by atoms with Crippen molar-refractivity contribution < 1.29 is 0 Å². The lowest BCUT2D eigenvalue weighted by Crippen LogP contribution is -2.24. The Kier molecular flexibility index (Phi) is 4.77. The number of nitrogens with one attached hydrogen (secondary N) is 1. The first-order valence-corrected chi connectivity index (χ1v) is 7.92. The molecule has 0 aliphatic carbocycles. The highest BCUT2D eigenvalue weighted by atomic mass is 32.1. The Bertz CT molecular complexity index is 527. The van der Waals surface area contributed by atoms with Gasteiger partial charge in [0, 0.05) is 11.4 Å². The highest BCUT2D eigenvalue weighted by Gasteiger charge is 2.19. The van der Waals surface area contributed by atoms with Crippen molar-refractivity contribution in [1.29, 1.82) is 0 Å². The van der Waals surface area contributed by atoms with Gasteiger partial charge in [0.05, 0.1) is 17.4 Å². The van der Waals surface area contributed by atoms with Gasteiger partial charge in [-0.15, -0.1) is 11.3 Å². The summed E-state index contributed by atoms with van der Waals surface area (Å²) < 4.78 is 2.12. The van der Waals surface area contributed by atoms with Gasteiger partial charge >= 0.3 is 0 Å². The van der Waals surface area contributed by atoms with Crippen molar-refractivity contribution in [1.82, 2.24) is 15.1 Å². The number of rotatable bonds is 6. The van der Waals surface area contributed by atoms with Crippen LogP contribution in [0.3, 0.4) is 0 Å². The number of aromatic nitrogens is 2. The number of hydrogen-bond donors (Lipinski definition) is 1. The predicted octanol–water partition coefficient (Wildman–Crippen LogP) is 3.53. The minimum atomic E-state index is 0.252. The third-order valence-corrected chi connectivity index (χ3v) is 4.19. The topological polar surface area (TPSA) is 29.9 Å². The van der Waals surface area contributed by atoms with Crippen molar-refractivity contribution in [3.05, 3.63) is 39.3 Å². The summed E-state index contributed by atoms with van der Waals surface area (Å²) in [6.07, 6.45) is 0.988. The summed E-state index contributed by atoms with van der Waals surface area (Å²) in [6, 6.07) is 4.77. The average molecular weight is 277 g/mol. The maximum atomic E-state index is 4.66. The van der Waals surface area contributed by atoms with Crippen molar-refractivity contribution in [2.24, 2.45) is 0 Å². The van der Waals surface area contributed by atoms with E-state index in [1.54, 1.807) is 0 Å². The zero-order chi connectivity index (χ0) is 13.8. The fraction of sp³-hybridized carbons (Fsp3) is 0.533. The van der Waals surface area contributed by atoms with Crippen LogP contribution < -0.4 is 5.32 Å². The largest absolute Gasteiger partial charge is 0.305 e. The van der Waals surface area contributed by atoms with Crippen molar-refractivity contribution in [3.63, 3.8) is 0 Å². The Hall–Kier alpha value is -1.13. The van der Waals surface area contributed by atoms with E-state index in [2.05, 4.69) is 60.3 Å². The summed E-state index contributed by atoms with van der Waals surface area (Å²) in [7, 11) is 0. The Morgan fingerprint density at radius 2 is 2.11 bits per heavy atom. The minimum Gasteiger partial charge on any atom is -0.305 e. The van der Waals surface area contributed by atoms with Gasteiger partial charge in [0.1, 0.15) is 0 Å². The summed E-state index contributed by atoms with van der Waals surface area (Å²) in [4.78, 5) is 1.36. The second-order valence-corrected chi connectivity index (χ2v) is 5.83. The molecule has 1 atom stereocenters. The molecule has 0 amide bonds. The smallest absolute Gasteiger partial charge is 0.0756 e. The molecule has 0 fully saturated rings. The van der Waals surface area contributed by atoms with E-state index in [1.165, 1.54) is 21.8 Å². The van der Waals surface area contributed by atoms with Crippen LogP contribution in [0.5, 0.6) is 0 Å². The van der Waals surface area contributed by atoms with Crippen LogP contribution in [-0.2, 0) is 13.0 Å². The summed E-state index contributed by atoms with van der Waals surface area (Å²) in [5.74, 6) is 0. The maximum Gasteiger partial charge on any atom is 0.0756 e. The molecule has 4 heteroatoms. The van der Waals surface area contributed by atoms with Gasteiger partial charge in [0.2, 0.25) is 0 Å². The van der Waals surface area contributed by atoms with Crippen LogP contribution in [0.25, 0.3) is 0 Å². The van der Waals surface area contributed by atoms with Crippen LogP contribution in [-0.4, -0.2) is 16.3 Å². The lowest BCUT2D eigenvalue weighted by atomic mass is 10.1. The second kappa shape index (κ2) is 6.35. The van der Waals surface area contributed by atoms with Gasteiger partial charge in [-0.1, -0.05) is 13.8 Å². The van der Waals surface area contributed by atoms with Crippen LogP contribution in [0.1, 0.15) is 48.6 Å². The van der Waals surface area contributed by atoms with E-state index in [0.29, 0.717) is 0 Å². The SMILES string of the molecule is CCNC(c1csc(C)c1)c1cc(CC)nn1CC. The Morgan fingerprint density at radius 3 is 2.63 bits per heavy atom. The Labute approximate surface area is 119 Å². The Morgan fingerprint density at radius 1 is 1.32 bits per heavy atom. The molecule has 0 radical (unpaired) electrons. The van der Waals surface area contributed by atoms with Crippen molar-refractivity contribution >= 4 is 11.3 Å². The first-order valence-electron chi connectivity index (χ1n) is 7.04. The molecule has 0 aliphatic rings. The van der Waals surface area contributed by atoms with E-state index in [4.69, 9.17) is 0 Å². The van der Waals surface area contributed by atoms with E-state index in [-0.39, 0.29) is 6.04 Å². The summed E-state index contributed by atoms with van der Waals surface area (Å²) in [5.41, 5.74) is 3.80. The maximum absolute atomic E-state index is 4.66. The molecule has 1 unspecified atom stereocenters. The van der Waals surface area contributed by atoms with Gasteiger partial charge in [-0.25, -0.2) is 0 Å². The summed E-state index contributed by atoms with van der Waals surface area (Å²) in [6.45, 7) is 10.5. The van der Waals surface area contributed by atoms with Gasteiger partial charge in [-0.2, -0.15) is 5.10 Å². The van der Waals surface area contributed by atoms with Gasteiger partial charge in [0.15, 0.2) is 0 Å². The molecule has 3 nitrogen and oxygen atoms in total. The Balaban J connectivity index is 2.40. The van der Waals surface area contributed by atoms with Crippen molar-refractivity contribution in [3.8, 4) is 0 Å². The molecule has 2 rings (SSSR count). The van der Waals surface area contributed by atoms with Gasteiger partial charge in [-0.3, -0.25) is 4.68 Å². The molecule has 104 valence electrons. The zero-order valence-electron chi connectivity index (χ0n) is 12.2. The molecule has 0 aliphatic heterocycles. The third-order valence-electron chi connectivity index (χ3n) is 3.31. The lowest BCUT2D eigenvalue weighted by molar-refractivity contribution is 0.541. The third kappa shape index (κ3) is 3.07. The first-order chi connectivity index (χ1) is 9.19. The monoisotopic (exact) mass is 277 g/mol. The lowest BCUT2D eigenvalue weighted by Gasteiger charge is -2.18. The summed E-state index contributed by atoms with van der Waals surface area (Å²) >= 11 is 1.81. The van der Waals surface area contributed by atoms with E-state index in [0.717, 1.165) is 19.5 Å². The van der Waals surface area contributed by atoms with Crippen LogP contribution in [0.15, 0.2) is 17.5 Å². The standard InChI is InChI=1S/C15H23N3S/c1-5-13-9-14(18(7-3)17-13)15(16-6-2)12-8-11(4)19-10-12/h8-10,15-16H,5-7H2,1-4H3. The molecule has 2 aromatic heterocycles. The highest BCUT2D eigenvalue weighted by Crippen LogP contribution is 2.27. The molecule has 2 heterocycles. The number of thiophene rings is 1. The van der Waals surface area contributed by atoms with Gasteiger partial charge in [-0.05, 0) is 49.9 Å². The van der Waals surface area contributed by atoms with Gasteiger partial charge < -0.3 is 5.32 Å².